The molecule has 1 aliphatic carbocycles. The number of ketones is 1. The molecule has 288 valence electrons. The molecule has 53 heavy (non-hydrogen) atoms. The van der Waals surface area contributed by atoms with Gasteiger partial charge in [-0.1, -0.05) is 91.2 Å². The van der Waals surface area contributed by atoms with Gasteiger partial charge in [0.2, 0.25) is 23.5 Å². The van der Waals surface area contributed by atoms with Gasteiger partial charge in [0, 0.05) is 31.1 Å². The molecule has 1 saturated carbocycles. The lowest BCUT2D eigenvalue weighted by atomic mass is 9.80. The minimum Gasteiger partial charge on any atom is -0.346 e. The number of fused-ring (bicyclic) bond motifs is 1. The summed E-state index contributed by atoms with van der Waals surface area (Å²) in [4.78, 5) is 97.1. The molecule has 1 unspecified atom stereocenters. The normalized spacial score (nSPS) is 20.6. The number of likely N-dealkylation sites (tertiary alicyclic amines) is 1. The molecule has 7 amide bonds. The Morgan fingerprint density at radius 2 is 1.60 bits per heavy atom. The third-order valence-electron chi connectivity index (χ3n) is 10.6. The third kappa shape index (κ3) is 9.79. The Morgan fingerprint density at radius 3 is 2.19 bits per heavy atom. The number of imide groups is 1. The molecule has 0 spiro atoms. The van der Waals surface area contributed by atoms with Gasteiger partial charge in [-0.25, -0.2) is 4.79 Å². The van der Waals surface area contributed by atoms with Crippen molar-refractivity contribution >= 4 is 41.4 Å². The SMILES string of the molecule is C=CCNC(=O)C(=O)C(CC1CCC1)NC(=O)[C@@H]1[C@@H](C=C)CCN1C(=O)[C@@H](NC(=O)N[C@H](CN1C(=O)Cc2ccccc2C1=O)C(C)(C)C)C(C)(C)C. The van der Waals surface area contributed by atoms with E-state index < -0.39 is 76.4 Å². The van der Waals surface area contributed by atoms with Crippen LogP contribution < -0.4 is 21.3 Å². The molecule has 13 heteroatoms. The molecule has 0 bridgehead atoms. The van der Waals surface area contributed by atoms with Crippen molar-refractivity contribution in [2.45, 2.75) is 104 Å². The number of hydrogen-bond donors (Lipinski definition) is 4. The zero-order valence-corrected chi connectivity index (χ0v) is 32.0. The van der Waals surface area contributed by atoms with Crippen molar-refractivity contribution in [3.8, 4) is 0 Å². The van der Waals surface area contributed by atoms with Gasteiger partial charge in [-0.2, -0.15) is 0 Å². The van der Waals surface area contributed by atoms with Crippen LogP contribution in [0.4, 0.5) is 4.79 Å². The summed E-state index contributed by atoms with van der Waals surface area (Å²) >= 11 is 0. The van der Waals surface area contributed by atoms with E-state index >= 15 is 0 Å². The number of benzene rings is 1. The topological polar surface area (TPSA) is 174 Å². The van der Waals surface area contributed by atoms with E-state index in [1.54, 1.807) is 51.1 Å². The van der Waals surface area contributed by atoms with Crippen LogP contribution in [0.5, 0.6) is 0 Å². The Hall–Kier alpha value is -4.81. The van der Waals surface area contributed by atoms with Gasteiger partial charge in [0.25, 0.3) is 11.8 Å². The van der Waals surface area contributed by atoms with E-state index in [4.69, 9.17) is 0 Å². The molecule has 2 aliphatic heterocycles. The summed E-state index contributed by atoms with van der Waals surface area (Å²) in [6.07, 6.45) is 6.69. The van der Waals surface area contributed by atoms with Crippen molar-refractivity contribution in [2.75, 3.05) is 19.6 Å². The number of amides is 7. The monoisotopic (exact) mass is 732 g/mol. The predicted octanol–water partition coefficient (Wildman–Crippen LogP) is 3.29. The lowest BCUT2D eigenvalue weighted by Crippen LogP contribution is -2.62. The second-order valence-corrected chi connectivity index (χ2v) is 16.6. The highest BCUT2D eigenvalue weighted by atomic mass is 16.2. The fraction of sp³-hybridized carbons (Fsp3) is 0.575. The summed E-state index contributed by atoms with van der Waals surface area (Å²) in [5, 5.41) is 11.1. The van der Waals surface area contributed by atoms with E-state index in [0.717, 1.165) is 19.3 Å². The smallest absolute Gasteiger partial charge is 0.315 e. The molecule has 3 aliphatic rings. The van der Waals surface area contributed by atoms with Crippen molar-refractivity contribution < 1.29 is 33.6 Å². The molecule has 13 nitrogen and oxygen atoms in total. The zero-order valence-electron chi connectivity index (χ0n) is 32.0. The summed E-state index contributed by atoms with van der Waals surface area (Å²) in [5.41, 5.74) is -0.306. The average Bonchev–Trinajstić information content (AvgIpc) is 3.51. The van der Waals surface area contributed by atoms with E-state index in [1.165, 1.54) is 15.9 Å². The first-order valence-corrected chi connectivity index (χ1v) is 18.5. The first-order valence-electron chi connectivity index (χ1n) is 18.5. The first kappa shape index (κ1) is 41.0. The van der Waals surface area contributed by atoms with Gasteiger partial charge in [0.15, 0.2) is 0 Å². The second kappa shape index (κ2) is 16.9. The third-order valence-corrected chi connectivity index (χ3v) is 10.6. The Bertz CT molecular complexity index is 1620. The van der Waals surface area contributed by atoms with Gasteiger partial charge in [-0.05, 0) is 41.2 Å². The maximum Gasteiger partial charge on any atom is 0.315 e. The van der Waals surface area contributed by atoms with Crippen LogP contribution in [-0.2, 0) is 30.4 Å². The summed E-state index contributed by atoms with van der Waals surface area (Å²) in [6, 6.07) is 2.41. The minimum absolute atomic E-state index is 0.0693. The molecule has 1 aromatic rings. The number of hydrogen-bond acceptors (Lipinski definition) is 7. The Morgan fingerprint density at radius 1 is 0.925 bits per heavy atom. The van der Waals surface area contributed by atoms with Crippen LogP contribution >= 0.6 is 0 Å². The highest BCUT2D eigenvalue weighted by Gasteiger charge is 2.47. The van der Waals surface area contributed by atoms with Crippen LogP contribution in [0.3, 0.4) is 0 Å². The van der Waals surface area contributed by atoms with Gasteiger partial charge >= 0.3 is 6.03 Å². The molecule has 2 fully saturated rings. The Balaban J connectivity index is 1.52. The standard InChI is InChI=1S/C40H56N6O7/c1-9-19-41-35(50)32(48)28(21-24-14-13-15-24)42-34(49)31-25(10-2)18-20-45(31)37(52)33(40(6,7)8)44-38(53)43-29(39(3,4)5)23-46-30(47)22-26-16-11-12-17-27(26)36(46)51/h9-12,16-17,24-25,28-29,31,33H,1-2,13-15,18-23H2,3-8H3,(H,41,50)(H,42,49)(H2,43,44,53)/t25-,28?,29+,31-,33+/m0/s1. The molecule has 4 N–H and O–H groups in total. The number of carbonyl (C=O) groups is 7. The van der Waals surface area contributed by atoms with Crippen molar-refractivity contribution in [2.24, 2.45) is 22.7 Å². The molecule has 0 radical (unpaired) electrons. The van der Waals surface area contributed by atoms with Crippen molar-refractivity contribution in [3.05, 3.63) is 60.7 Å². The van der Waals surface area contributed by atoms with Gasteiger partial charge < -0.3 is 26.2 Å². The van der Waals surface area contributed by atoms with Gasteiger partial charge in [-0.15, -0.1) is 13.2 Å². The fourth-order valence-electron chi connectivity index (χ4n) is 7.06. The van der Waals surface area contributed by atoms with Crippen molar-refractivity contribution in [1.82, 2.24) is 31.1 Å². The lowest BCUT2D eigenvalue weighted by molar-refractivity contribution is -0.144. The van der Waals surface area contributed by atoms with Crippen LogP contribution in [0.15, 0.2) is 49.6 Å². The summed E-state index contributed by atoms with van der Waals surface area (Å²) < 4.78 is 0. The van der Waals surface area contributed by atoms with Crippen LogP contribution in [0.2, 0.25) is 0 Å². The van der Waals surface area contributed by atoms with E-state index in [9.17, 15) is 33.6 Å². The molecule has 1 saturated heterocycles. The zero-order chi connectivity index (χ0) is 39.2. The molecule has 1 aromatic carbocycles. The summed E-state index contributed by atoms with van der Waals surface area (Å²) in [5.74, 6) is -3.67. The van der Waals surface area contributed by atoms with E-state index in [2.05, 4.69) is 34.4 Å². The lowest BCUT2D eigenvalue weighted by Gasteiger charge is -2.39. The molecule has 4 rings (SSSR count). The molecule has 5 atom stereocenters. The Labute approximate surface area is 312 Å². The minimum atomic E-state index is -1.09. The van der Waals surface area contributed by atoms with Crippen molar-refractivity contribution in [1.29, 1.82) is 0 Å². The van der Waals surface area contributed by atoms with E-state index in [1.807, 2.05) is 20.8 Å². The first-order chi connectivity index (χ1) is 24.9. The number of Topliss-reactive ketones (excluding diaryl/α,β-unsaturated/α-hetero) is 1. The number of nitrogens with zero attached hydrogens (tertiary/aromatic N) is 2. The summed E-state index contributed by atoms with van der Waals surface area (Å²) in [6.45, 7) is 18.7. The molecule has 2 heterocycles. The highest BCUT2D eigenvalue weighted by molar-refractivity contribution is 6.38. The number of rotatable bonds is 14. The second-order valence-electron chi connectivity index (χ2n) is 16.6. The highest BCUT2D eigenvalue weighted by Crippen LogP contribution is 2.33. The maximum absolute atomic E-state index is 14.4. The van der Waals surface area contributed by atoms with Gasteiger partial charge in [0.1, 0.15) is 12.1 Å². The maximum atomic E-state index is 14.4. The number of nitrogens with one attached hydrogen (secondary N) is 4. The van der Waals surface area contributed by atoms with E-state index in [-0.39, 0.29) is 37.9 Å². The largest absolute Gasteiger partial charge is 0.346 e. The summed E-state index contributed by atoms with van der Waals surface area (Å²) in [7, 11) is 0. The predicted molar refractivity (Wildman–Crippen MR) is 200 cm³/mol. The van der Waals surface area contributed by atoms with Crippen LogP contribution in [0.25, 0.3) is 0 Å². The van der Waals surface area contributed by atoms with Crippen LogP contribution in [-0.4, -0.2) is 95.0 Å². The van der Waals surface area contributed by atoms with Gasteiger partial charge in [-0.3, -0.25) is 33.7 Å². The number of urea groups is 1. The fourth-order valence-corrected chi connectivity index (χ4v) is 7.06. The molecular weight excluding hydrogens is 676 g/mol. The average molecular weight is 733 g/mol. The van der Waals surface area contributed by atoms with Crippen LogP contribution in [0.1, 0.15) is 89.6 Å². The quantitative estimate of drug-likeness (QED) is 0.129. The molecular formula is C40H56N6O7. The number of carbonyl (C=O) groups excluding carboxylic acids is 7. The van der Waals surface area contributed by atoms with Crippen molar-refractivity contribution in [3.63, 3.8) is 0 Å². The molecule has 0 aromatic heterocycles. The van der Waals surface area contributed by atoms with E-state index in [0.29, 0.717) is 24.0 Å². The Kier molecular flexibility index (Phi) is 13.1. The van der Waals surface area contributed by atoms with Gasteiger partial charge in [0.05, 0.1) is 18.5 Å². The van der Waals surface area contributed by atoms with Crippen LogP contribution in [0, 0.1) is 22.7 Å².